The van der Waals surface area contributed by atoms with Crippen molar-refractivity contribution in [3.63, 3.8) is 0 Å². The SMILES string of the molecule is CC(=O)N[C@H]1[C@@H](C(O)C(O)CO)O[C@@](OC2[C@@H](O)[C@H](OC3[C@@H](COC4O[C@H](CO)[C@@H](OC5O[C@H](CO)[C@H](O)[C@H](O)[C@H]5O)[C@H](OC5O[C@@H](O)[C@@H](O)[C@@H](O)[C@@H]5O)[C@H]4NC(C)=O)O[C@@H](OCC(NC(=O)OCC4c5ccccc5-c5ccccc54)C(=O)O)[C@H](NC(C)=O)[C@H]3O)O[C@H](CO)[C@@H]2O)(C(C)=O)C[C@@H]1O. The molecule has 6 saturated heterocycles. The minimum absolute atomic E-state index is 0.281. The number of nitrogens with one attached hydrogen (secondary N) is 4. The molecule has 4 amide bonds. The lowest BCUT2D eigenvalue weighted by molar-refractivity contribution is -0.390. The number of aliphatic hydroxyl groups is 17. The molecule has 8 unspecified atom stereocenters. The molecule has 9 rings (SSSR count). The molecular formula is C63H90N4O37. The van der Waals surface area contributed by atoms with E-state index in [1.54, 1.807) is 12.1 Å². The molecule has 1 aliphatic carbocycles. The van der Waals surface area contributed by atoms with E-state index in [-0.39, 0.29) is 6.61 Å². The zero-order chi connectivity index (χ0) is 76.1. The highest BCUT2D eigenvalue weighted by Crippen LogP contribution is 2.45. The number of carbonyl (C=O) groups excluding carboxylic acids is 5. The summed E-state index contributed by atoms with van der Waals surface area (Å²) in [6.07, 6.45) is -59.8. The molecule has 32 atom stereocenters. The van der Waals surface area contributed by atoms with Crippen LogP contribution >= 0.6 is 0 Å². The Hall–Kier alpha value is -5.90. The smallest absolute Gasteiger partial charge is 0.407 e. The van der Waals surface area contributed by atoms with Gasteiger partial charge in [0.25, 0.3) is 0 Å². The van der Waals surface area contributed by atoms with E-state index < -0.39 is 283 Å². The largest absolute Gasteiger partial charge is 0.480 e. The number of benzene rings is 2. The number of amides is 4. The number of fused-ring (bicyclic) bond motifs is 3. The van der Waals surface area contributed by atoms with Gasteiger partial charge in [0.1, 0.15) is 141 Å². The van der Waals surface area contributed by atoms with Gasteiger partial charge in [0.2, 0.25) is 23.5 Å². The average molecular weight is 1500 g/mol. The van der Waals surface area contributed by atoms with Crippen LogP contribution in [-0.2, 0) is 85.6 Å². The molecule has 41 nitrogen and oxygen atoms in total. The summed E-state index contributed by atoms with van der Waals surface area (Å²) >= 11 is 0. The summed E-state index contributed by atoms with van der Waals surface area (Å²) in [4.78, 5) is 79.3. The number of carboxylic acids is 1. The maximum absolute atomic E-state index is 13.8. The molecule has 2 aromatic rings. The van der Waals surface area contributed by atoms with Gasteiger partial charge < -0.3 is 175 Å². The third-order valence-electron chi connectivity index (χ3n) is 18.8. The Kier molecular flexibility index (Phi) is 28.0. The zero-order valence-electron chi connectivity index (χ0n) is 56.1. The second-order valence-corrected chi connectivity index (χ2v) is 26.0. The number of rotatable bonds is 28. The highest BCUT2D eigenvalue weighted by molar-refractivity contribution is 5.84. The molecule has 2 aromatic carbocycles. The second-order valence-electron chi connectivity index (χ2n) is 26.0. The summed E-state index contributed by atoms with van der Waals surface area (Å²) in [5.41, 5.74) is 3.38. The van der Waals surface area contributed by atoms with Crippen LogP contribution in [0.4, 0.5) is 4.79 Å². The molecular weight excluding hydrogens is 1400 g/mol. The van der Waals surface area contributed by atoms with Gasteiger partial charge in [0.05, 0.1) is 51.8 Å². The van der Waals surface area contributed by atoms with Gasteiger partial charge in [-0.15, -0.1) is 0 Å². The molecule has 6 aliphatic heterocycles. The number of hydrogen-bond donors (Lipinski definition) is 22. The lowest BCUT2D eigenvalue weighted by Gasteiger charge is -2.52. The van der Waals surface area contributed by atoms with Crippen molar-refractivity contribution in [3.05, 3.63) is 59.7 Å². The molecule has 7 aliphatic rings. The lowest BCUT2D eigenvalue weighted by atomic mass is 9.87. The summed E-state index contributed by atoms with van der Waals surface area (Å²) < 4.78 is 77.6. The Morgan fingerprint density at radius 2 is 1.02 bits per heavy atom. The van der Waals surface area contributed by atoms with Crippen molar-refractivity contribution in [2.24, 2.45) is 0 Å². The molecule has 0 saturated carbocycles. The van der Waals surface area contributed by atoms with Gasteiger partial charge in [0.15, 0.2) is 49.6 Å². The minimum Gasteiger partial charge on any atom is -0.480 e. The molecule has 0 aromatic heterocycles. The third kappa shape index (κ3) is 17.9. The first-order valence-electron chi connectivity index (χ1n) is 33.1. The maximum atomic E-state index is 13.8. The number of aliphatic carboxylic acids is 1. The van der Waals surface area contributed by atoms with Crippen molar-refractivity contribution in [3.8, 4) is 11.1 Å². The van der Waals surface area contributed by atoms with Crippen molar-refractivity contribution in [1.29, 1.82) is 0 Å². The van der Waals surface area contributed by atoms with E-state index in [4.69, 9.17) is 61.6 Å². The summed E-state index contributed by atoms with van der Waals surface area (Å²) in [6, 6.07) is 7.09. The van der Waals surface area contributed by atoms with E-state index in [1.807, 2.05) is 36.4 Å². The van der Waals surface area contributed by atoms with Crippen LogP contribution in [0.3, 0.4) is 0 Å². The van der Waals surface area contributed by atoms with Crippen LogP contribution in [0.25, 0.3) is 11.1 Å². The van der Waals surface area contributed by atoms with Gasteiger partial charge in [0, 0.05) is 40.0 Å². The molecule has 0 radical (unpaired) electrons. The molecule has 104 heavy (non-hydrogen) atoms. The van der Waals surface area contributed by atoms with Crippen LogP contribution in [0.2, 0.25) is 0 Å². The standard InChI is InChI=1S/C63H90N4O37/c1-21(72)63(13-31(76)37(64-22(2)73)52(103-63)40(78)32(77)14-68)104-54-42(80)34(16-70)96-61(49(54)87)99-50-36(98-57(38(43(50)81)65-23(3)74)92-19-30(55(88)89)67-62(91)94-18-29-27-11-7-5-9-25(27)26-10-6-8-12-28(26)29)20-93-58-39(66-24(4)75)53(101-60-48(86)45(83)46(84)56(90)102-60)51(35(17-71)97-58)100-59-47(85)44(82)41(79)33(15-69)95-59/h5-12,29-54,56-61,68-71,76-87,90H,13-20H2,1-4H3,(H,64,73)(H,65,74)(H,66,75)(H,67,91)(H,88,89)/t30?,31-,32?,33+,34+,35+,36+,37+,38+,39+,40?,41-,42-,43+,44-,45+,46-,47+,48-,49+,50?,51+,52-,53+,54?,56+,57+,58?,59?,60?,61-,63-/m0/s1. The molecule has 0 bridgehead atoms. The second kappa shape index (κ2) is 35.4. The number of carboxylic acid groups (broad SMARTS) is 1. The summed E-state index contributed by atoms with van der Waals surface area (Å²) in [5.74, 6) is -9.00. The lowest BCUT2D eigenvalue weighted by Crippen LogP contribution is -2.71. The van der Waals surface area contributed by atoms with Crippen LogP contribution < -0.4 is 21.3 Å². The normalized spacial score (nSPS) is 39.6. The van der Waals surface area contributed by atoms with Crippen LogP contribution in [0.5, 0.6) is 0 Å². The van der Waals surface area contributed by atoms with Crippen LogP contribution in [0, 0.1) is 0 Å². The van der Waals surface area contributed by atoms with Crippen molar-refractivity contribution >= 4 is 35.6 Å². The number of alkyl carbamates (subject to hydrolysis) is 1. The fraction of sp³-hybridized carbons (Fsp3) is 0.714. The van der Waals surface area contributed by atoms with Gasteiger partial charge in [-0.3, -0.25) is 19.2 Å². The van der Waals surface area contributed by atoms with Crippen molar-refractivity contribution in [2.75, 3.05) is 46.2 Å². The van der Waals surface area contributed by atoms with E-state index in [0.29, 0.717) is 0 Å². The topological polar surface area (TPSA) is 635 Å². The van der Waals surface area contributed by atoms with E-state index >= 15 is 0 Å². The van der Waals surface area contributed by atoms with Gasteiger partial charge in [-0.2, -0.15) is 0 Å². The van der Waals surface area contributed by atoms with E-state index in [0.717, 1.165) is 49.9 Å². The first-order chi connectivity index (χ1) is 49.3. The van der Waals surface area contributed by atoms with E-state index in [2.05, 4.69) is 21.3 Å². The Morgan fingerprint density at radius 1 is 0.519 bits per heavy atom. The number of hydrogen-bond acceptors (Lipinski definition) is 36. The summed E-state index contributed by atoms with van der Waals surface area (Å²) in [7, 11) is 0. The molecule has 22 N–H and O–H groups in total. The van der Waals surface area contributed by atoms with Crippen molar-refractivity contribution in [2.45, 2.75) is 236 Å². The third-order valence-corrected chi connectivity index (χ3v) is 18.8. The molecule has 6 fully saturated rings. The van der Waals surface area contributed by atoms with Gasteiger partial charge >= 0.3 is 12.1 Å². The monoisotopic (exact) mass is 1490 g/mol. The number of Topliss-reactive ketones (excluding diaryl/α,β-unsaturated/α-hetero) is 1. The highest BCUT2D eigenvalue weighted by Gasteiger charge is 2.61. The first-order valence-corrected chi connectivity index (χ1v) is 33.1. The zero-order valence-corrected chi connectivity index (χ0v) is 56.1. The Balaban J connectivity index is 1.06. The van der Waals surface area contributed by atoms with Crippen molar-refractivity contribution in [1.82, 2.24) is 21.3 Å². The average Bonchev–Trinajstić information content (AvgIpc) is 0.993. The van der Waals surface area contributed by atoms with E-state index in [1.165, 1.54) is 0 Å². The predicted octanol–water partition coefficient (Wildman–Crippen LogP) is -11.0. The summed E-state index contributed by atoms with van der Waals surface area (Å²) in [6.45, 7) is -3.26. The number of carbonyl (C=O) groups is 6. The first kappa shape index (κ1) is 82.2. The Bertz CT molecular complexity index is 3190. The van der Waals surface area contributed by atoms with Crippen molar-refractivity contribution < 1.29 is 182 Å². The van der Waals surface area contributed by atoms with Gasteiger partial charge in [-0.1, -0.05) is 48.5 Å². The quantitative estimate of drug-likeness (QED) is 0.0376. The number of ketones is 1. The predicted molar refractivity (Wildman–Crippen MR) is 333 cm³/mol. The Labute approximate surface area is 590 Å². The Morgan fingerprint density at radius 3 is 1.59 bits per heavy atom. The fourth-order valence-corrected chi connectivity index (χ4v) is 13.5. The fourth-order valence-electron chi connectivity index (χ4n) is 13.5. The summed E-state index contributed by atoms with van der Waals surface area (Å²) in [5, 5.41) is 207. The van der Waals surface area contributed by atoms with Crippen LogP contribution in [0.15, 0.2) is 48.5 Å². The van der Waals surface area contributed by atoms with Gasteiger partial charge in [-0.05, 0) is 22.3 Å². The molecule has 41 heteroatoms. The molecule has 584 valence electrons. The van der Waals surface area contributed by atoms with Crippen LogP contribution in [0.1, 0.15) is 51.2 Å². The number of aliphatic hydroxyl groups excluding tert-OH is 17. The maximum Gasteiger partial charge on any atom is 0.407 e. The van der Waals surface area contributed by atoms with Gasteiger partial charge in [-0.25, -0.2) is 9.59 Å². The molecule has 0 spiro atoms. The molecule has 6 heterocycles. The highest BCUT2D eigenvalue weighted by atomic mass is 16.8. The minimum atomic E-state index is -2.89. The number of ether oxygens (including phenoxy) is 13. The van der Waals surface area contributed by atoms with Crippen LogP contribution in [-0.4, -0.2) is 370 Å². The van der Waals surface area contributed by atoms with E-state index in [9.17, 15) is 121 Å².